The van der Waals surface area contributed by atoms with Crippen LogP contribution in [0.3, 0.4) is 0 Å². The molecule has 0 unspecified atom stereocenters. The molecule has 1 aromatic heterocycles. The minimum Gasteiger partial charge on any atom is -0.857 e. The molecule has 0 radical (unpaired) electrons. The number of hydrogen-bond acceptors (Lipinski definition) is 12. The van der Waals surface area contributed by atoms with Crippen molar-refractivity contribution in [2.24, 2.45) is 10.1 Å². The zero-order valence-electron chi connectivity index (χ0n) is 16.7. The Morgan fingerprint density at radius 1 is 1.48 bits per heavy atom. The second kappa shape index (κ2) is 10.5. The molecule has 3 heterocycles. The maximum atomic E-state index is 12.6. The predicted octanol–water partition coefficient (Wildman–Crippen LogP) is -3.98. The molecule has 0 spiro atoms. The Bertz CT molecular complexity index is 993. The Morgan fingerprint density at radius 2 is 2.19 bits per heavy atom. The number of carbonyl (C=O) groups is 3. The molecular formula is C16H16N5NaO7S2. The number of oxime groups is 1. The Labute approximate surface area is 206 Å². The van der Waals surface area contributed by atoms with E-state index in [4.69, 9.17) is 10.5 Å². The molecule has 0 saturated carbocycles. The van der Waals surface area contributed by atoms with Crippen LogP contribution in [0.2, 0.25) is 0 Å². The number of aliphatic imine (C=N–C) groups is 1. The van der Waals surface area contributed by atoms with Crippen LogP contribution in [0.1, 0.15) is 12.6 Å². The fourth-order valence-corrected chi connectivity index (χ4v) is 4.68. The first kappa shape index (κ1) is 25.1. The standard InChI is InChI=1S/C16H17N5O7S2.Na/c1-6(22)28-3-7-4-29-14-10(13(24)21(14)11(7)15(25)26)19-12(23)9(20-27-2)8-5-30-16(17)18-8;/h5,10,14H,3-4H2,1-2H3,(H2,17,18)(H,19,23)(H,25,26);/q;+1/p-1/b20-9+;/t10-,14-;/m0./s1. The van der Waals surface area contributed by atoms with E-state index < -0.39 is 35.2 Å². The van der Waals surface area contributed by atoms with Gasteiger partial charge in [0.15, 0.2) is 11.2 Å². The third-order valence-electron chi connectivity index (χ3n) is 4.08. The normalized spacial score (nSPS) is 21.1. The summed E-state index contributed by atoms with van der Waals surface area (Å²) in [5.74, 6) is -3.20. The van der Waals surface area contributed by atoms with Crippen LogP contribution >= 0.6 is 23.1 Å². The zero-order valence-corrected chi connectivity index (χ0v) is 20.4. The van der Waals surface area contributed by atoms with E-state index in [0.717, 1.165) is 16.2 Å². The first-order valence-corrected chi connectivity index (χ1v) is 10.3. The number of thioether (sulfide) groups is 1. The summed E-state index contributed by atoms with van der Waals surface area (Å²) in [6, 6.07) is -1.09. The number of amides is 1. The number of anilines is 1. The van der Waals surface area contributed by atoms with Crippen LogP contribution in [0, 0.1) is 0 Å². The van der Waals surface area contributed by atoms with Gasteiger partial charge in [-0.2, -0.15) is 0 Å². The molecule has 31 heavy (non-hydrogen) atoms. The summed E-state index contributed by atoms with van der Waals surface area (Å²) in [4.78, 5) is 48.9. The van der Waals surface area contributed by atoms with E-state index in [0.29, 0.717) is 0 Å². The number of aromatic nitrogens is 1. The number of fused-ring (bicyclic) bond motifs is 1. The second-order valence-electron chi connectivity index (χ2n) is 6.02. The van der Waals surface area contributed by atoms with Crippen molar-refractivity contribution < 1.29 is 63.7 Å². The minimum absolute atomic E-state index is 0. The maximum Gasteiger partial charge on any atom is 1.00 e. The Morgan fingerprint density at radius 3 is 2.74 bits per heavy atom. The second-order valence-corrected chi connectivity index (χ2v) is 8.01. The smallest absolute Gasteiger partial charge is 0.857 e. The summed E-state index contributed by atoms with van der Waals surface area (Å²) >= 11 is 2.31. The predicted molar refractivity (Wildman–Crippen MR) is 106 cm³/mol. The minimum atomic E-state index is -1.33. The number of thiazole rings is 1. The summed E-state index contributed by atoms with van der Waals surface area (Å²) in [5, 5.41) is 26.8. The monoisotopic (exact) mass is 477 g/mol. The molecule has 0 bridgehead atoms. The van der Waals surface area contributed by atoms with Crippen LogP contribution in [0.4, 0.5) is 5.13 Å². The van der Waals surface area contributed by atoms with Crippen LogP contribution in [0.25, 0.3) is 0 Å². The summed E-state index contributed by atoms with van der Waals surface area (Å²) in [6.07, 6.45) is 0. The number of β-lactam (4-membered cyclic amide) rings is 1. The molecule has 2 aliphatic rings. The van der Waals surface area contributed by atoms with Gasteiger partial charge in [0.25, 0.3) is 5.91 Å². The van der Waals surface area contributed by atoms with Gasteiger partial charge in [0.1, 0.15) is 36.2 Å². The molecule has 1 fully saturated rings. The number of esters is 1. The van der Waals surface area contributed by atoms with Crippen molar-refractivity contribution in [2.75, 3.05) is 25.2 Å². The van der Waals surface area contributed by atoms with Gasteiger partial charge in [0.05, 0.1) is 0 Å². The Hall–Kier alpha value is -2.13. The van der Waals surface area contributed by atoms with Crippen LogP contribution in [-0.4, -0.2) is 75.3 Å². The van der Waals surface area contributed by atoms with E-state index in [1.807, 2.05) is 0 Å². The van der Waals surface area contributed by atoms with Crippen molar-refractivity contribution in [1.82, 2.24) is 9.88 Å². The number of hydrogen-bond donors (Lipinski definition) is 2. The van der Waals surface area contributed by atoms with Crippen molar-refractivity contribution in [3.8, 4) is 0 Å². The quantitative estimate of drug-likeness (QED) is 0.0982. The van der Waals surface area contributed by atoms with Gasteiger partial charge >= 0.3 is 41.5 Å². The molecule has 160 valence electrons. The van der Waals surface area contributed by atoms with E-state index in [9.17, 15) is 24.6 Å². The molecular weight excluding hydrogens is 461 g/mol. The summed E-state index contributed by atoms with van der Waals surface area (Å²) < 4.78 is 4.87. The zero-order chi connectivity index (χ0) is 22.0. The van der Waals surface area contributed by atoms with E-state index in [-0.39, 0.29) is 69.7 Å². The average Bonchev–Trinajstić information content (AvgIpc) is 3.13. The molecule has 12 nitrogen and oxygen atoms in total. The van der Waals surface area contributed by atoms with Crippen LogP contribution in [0.15, 0.2) is 26.8 Å². The van der Waals surface area contributed by atoms with Gasteiger partial charge in [0.2, 0.25) is 0 Å². The average molecular weight is 477 g/mol. The summed E-state index contributed by atoms with van der Waals surface area (Å²) in [6.45, 7) is 0.960. The van der Waals surface area contributed by atoms with Crippen molar-refractivity contribution in [1.29, 1.82) is 0 Å². The maximum absolute atomic E-state index is 12.6. The van der Waals surface area contributed by atoms with Crippen molar-refractivity contribution in [2.45, 2.75) is 18.3 Å². The number of carboxylic acid groups (broad SMARTS) is 1. The van der Waals surface area contributed by atoms with Gasteiger partial charge in [-0.3, -0.25) is 19.5 Å². The first-order chi connectivity index (χ1) is 14.2. The van der Waals surface area contributed by atoms with Gasteiger partial charge in [-0.15, -0.1) is 23.1 Å². The number of nitrogens with zero attached hydrogens (tertiary/aromatic N) is 4. The van der Waals surface area contributed by atoms with E-state index in [2.05, 4.69) is 20.0 Å². The molecule has 3 rings (SSSR count). The summed E-state index contributed by atoms with van der Waals surface area (Å²) in [7, 11) is 1.24. The molecule has 2 atom stereocenters. The fraction of sp³-hybridized carbons (Fsp3) is 0.375. The molecule has 2 aliphatic heterocycles. The Balaban J connectivity index is 0.00000341. The summed E-state index contributed by atoms with van der Waals surface area (Å²) in [5.41, 5.74) is 5.54. The fourth-order valence-electron chi connectivity index (χ4n) is 2.82. The van der Waals surface area contributed by atoms with Crippen molar-refractivity contribution in [3.63, 3.8) is 0 Å². The van der Waals surface area contributed by atoms with Crippen LogP contribution in [-0.2, 0) is 24.0 Å². The number of aliphatic carboxylic acids is 1. The third kappa shape index (κ3) is 5.20. The van der Waals surface area contributed by atoms with E-state index in [1.165, 1.54) is 31.2 Å². The molecule has 3 N–H and O–H groups in total. The van der Waals surface area contributed by atoms with Crippen LogP contribution in [0.5, 0.6) is 0 Å². The van der Waals surface area contributed by atoms with E-state index in [1.54, 1.807) is 0 Å². The molecule has 0 aromatic carbocycles. The Kier molecular flexibility index (Phi) is 8.48. The molecule has 1 saturated heterocycles. The number of carbonyl (C=O) groups excluding carboxylic acids is 2. The van der Waals surface area contributed by atoms with Gasteiger partial charge in [0, 0.05) is 29.5 Å². The molecule has 15 heteroatoms. The third-order valence-corrected chi connectivity index (χ3v) is 6.08. The van der Waals surface area contributed by atoms with E-state index >= 15 is 0 Å². The van der Waals surface area contributed by atoms with Gasteiger partial charge in [-0.25, -0.2) is 9.78 Å². The topological polar surface area (TPSA) is 180 Å². The largest absolute Gasteiger partial charge is 1.00 e. The number of rotatable bonds is 7. The van der Waals surface area contributed by atoms with Crippen molar-refractivity contribution >= 4 is 57.7 Å². The van der Waals surface area contributed by atoms with Gasteiger partial charge in [-0.05, 0) is 0 Å². The van der Waals surface area contributed by atoms with Crippen molar-refractivity contribution in [3.05, 3.63) is 22.3 Å². The van der Waals surface area contributed by atoms with Gasteiger partial charge < -0.3 is 25.5 Å². The van der Waals surface area contributed by atoms with Gasteiger partial charge in [-0.1, -0.05) is 5.16 Å². The number of nitrogen functional groups attached to an aromatic ring is 1. The first-order valence-electron chi connectivity index (χ1n) is 8.35. The number of nitrogens with two attached hydrogens (primary N) is 1. The molecule has 0 aliphatic carbocycles. The van der Waals surface area contributed by atoms with Crippen LogP contribution < -0.4 is 40.4 Å². The number of ether oxygens (including phenoxy) is 1. The number of carboxylic acids is 1. The molecule has 1 aromatic rings. The molecule has 1 amide bonds. The SMILES string of the molecule is CO/N=C(/C([O-])=N[C@H]1C(=O)N2C(C(=O)O)=C(COC(C)=O)CS[C@@H]12)c1csc(N)n1.[Na+].